The molecule has 0 aliphatic heterocycles. The third-order valence-corrected chi connectivity index (χ3v) is 4.37. The zero-order chi connectivity index (χ0) is 13.9. The minimum absolute atomic E-state index is 0. The highest BCUT2D eigenvalue weighted by molar-refractivity contribution is 5.94. The van der Waals surface area contributed by atoms with E-state index in [1.54, 1.807) is 0 Å². The van der Waals surface area contributed by atoms with Gasteiger partial charge in [-0.05, 0) is 55.4 Å². The van der Waals surface area contributed by atoms with Gasteiger partial charge in [0, 0.05) is 17.6 Å². The number of amides is 1. The van der Waals surface area contributed by atoms with E-state index in [4.69, 9.17) is 5.73 Å². The van der Waals surface area contributed by atoms with Crippen LogP contribution in [0.15, 0.2) is 18.2 Å². The molecule has 1 amide bonds. The molecular formula is C16H25ClN2O. The largest absolute Gasteiger partial charge is 0.350 e. The lowest BCUT2D eigenvalue weighted by molar-refractivity contribution is 0.0942. The third kappa shape index (κ3) is 3.74. The first kappa shape index (κ1) is 17.0. The number of carbonyl (C=O) groups is 1. The van der Waals surface area contributed by atoms with E-state index in [9.17, 15) is 4.79 Å². The van der Waals surface area contributed by atoms with Crippen LogP contribution in [0.1, 0.15) is 54.6 Å². The zero-order valence-corrected chi connectivity index (χ0v) is 13.2. The Morgan fingerprint density at radius 1 is 1.25 bits per heavy atom. The van der Waals surface area contributed by atoms with Crippen molar-refractivity contribution in [1.82, 2.24) is 5.32 Å². The number of nitrogens with two attached hydrogens (primary N) is 1. The number of carbonyl (C=O) groups excluding carboxylic acids is 1. The molecule has 112 valence electrons. The van der Waals surface area contributed by atoms with Gasteiger partial charge in [0.15, 0.2) is 0 Å². The van der Waals surface area contributed by atoms with Crippen LogP contribution >= 0.6 is 12.4 Å². The van der Waals surface area contributed by atoms with Crippen LogP contribution in [0.4, 0.5) is 0 Å². The van der Waals surface area contributed by atoms with Gasteiger partial charge in [-0.3, -0.25) is 4.79 Å². The first-order valence-corrected chi connectivity index (χ1v) is 7.27. The maximum atomic E-state index is 12.2. The summed E-state index contributed by atoms with van der Waals surface area (Å²) in [6, 6.07) is 6.05. The molecule has 2 rings (SSSR count). The van der Waals surface area contributed by atoms with Crippen molar-refractivity contribution in [3.05, 3.63) is 34.9 Å². The van der Waals surface area contributed by atoms with Gasteiger partial charge in [0.2, 0.25) is 0 Å². The van der Waals surface area contributed by atoms with Crippen LogP contribution < -0.4 is 11.1 Å². The summed E-state index contributed by atoms with van der Waals surface area (Å²) in [5, 5.41) is 2.97. The second kappa shape index (κ2) is 7.09. The predicted molar refractivity (Wildman–Crippen MR) is 85.5 cm³/mol. The molecule has 0 fully saturated rings. The molecular weight excluding hydrogens is 272 g/mol. The molecule has 0 bridgehead atoms. The molecule has 3 nitrogen and oxygen atoms in total. The monoisotopic (exact) mass is 296 g/mol. The zero-order valence-electron chi connectivity index (χ0n) is 12.4. The standard InChI is InChI=1S/C16H24N2O.ClH/c1-3-16(17,4-2)11-18-15(19)14-9-8-12-6-5-7-13(12)10-14;/h8-10H,3-7,11,17H2,1-2H3,(H,18,19);1H. The molecule has 20 heavy (non-hydrogen) atoms. The molecule has 0 atom stereocenters. The lowest BCUT2D eigenvalue weighted by Gasteiger charge is -2.26. The summed E-state index contributed by atoms with van der Waals surface area (Å²) in [7, 11) is 0. The van der Waals surface area contributed by atoms with Gasteiger partial charge < -0.3 is 11.1 Å². The molecule has 4 heteroatoms. The molecule has 0 aromatic heterocycles. The Morgan fingerprint density at radius 2 is 1.90 bits per heavy atom. The van der Waals surface area contributed by atoms with Gasteiger partial charge in [-0.25, -0.2) is 0 Å². The molecule has 3 N–H and O–H groups in total. The van der Waals surface area contributed by atoms with Crippen LogP contribution in [0, 0.1) is 0 Å². The van der Waals surface area contributed by atoms with Crippen molar-refractivity contribution in [1.29, 1.82) is 0 Å². The van der Waals surface area contributed by atoms with Crippen molar-refractivity contribution < 1.29 is 4.79 Å². The number of hydrogen-bond donors (Lipinski definition) is 2. The molecule has 1 aliphatic rings. The minimum atomic E-state index is -0.285. The van der Waals surface area contributed by atoms with Gasteiger partial charge in [-0.2, -0.15) is 0 Å². The van der Waals surface area contributed by atoms with Gasteiger partial charge in [0.1, 0.15) is 0 Å². The highest BCUT2D eigenvalue weighted by atomic mass is 35.5. The molecule has 0 saturated carbocycles. The van der Waals surface area contributed by atoms with E-state index in [1.807, 2.05) is 12.1 Å². The average molecular weight is 297 g/mol. The fourth-order valence-corrected chi connectivity index (χ4v) is 2.57. The first-order chi connectivity index (χ1) is 9.08. The number of aryl methyl sites for hydroxylation is 2. The summed E-state index contributed by atoms with van der Waals surface area (Å²) in [5.74, 6) is -0.00794. The summed E-state index contributed by atoms with van der Waals surface area (Å²) in [6.07, 6.45) is 5.19. The van der Waals surface area contributed by atoms with Crippen molar-refractivity contribution in [2.75, 3.05) is 6.54 Å². The van der Waals surface area contributed by atoms with E-state index >= 15 is 0 Å². The Morgan fingerprint density at radius 3 is 2.55 bits per heavy atom. The number of fused-ring (bicyclic) bond motifs is 1. The predicted octanol–water partition coefficient (Wildman–Crippen LogP) is 2.84. The van der Waals surface area contributed by atoms with Crippen molar-refractivity contribution in [2.45, 2.75) is 51.5 Å². The van der Waals surface area contributed by atoms with Crippen LogP contribution in [0.3, 0.4) is 0 Å². The summed E-state index contributed by atoms with van der Waals surface area (Å²) in [6.45, 7) is 4.66. The van der Waals surface area contributed by atoms with Crippen molar-refractivity contribution in [3.63, 3.8) is 0 Å². The molecule has 0 saturated heterocycles. The fraction of sp³-hybridized carbons (Fsp3) is 0.562. The Balaban J connectivity index is 0.00000200. The fourth-order valence-electron chi connectivity index (χ4n) is 2.57. The quantitative estimate of drug-likeness (QED) is 0.878. The molecule has 0 heterocycles. The highest BCUT2D eigenvalue weighted by Gasteiger charge is 2.21. The SMILES string of the molecule is CCC(N)(CC)CNC(=O)c1ccc2c(c1)CCC2.Cl. The summed E-state index contributed by atoms with van der Waals surface area (Å²) >= 11 is 0. The van der Waals surface area contributed by atoms with Crippen molar-refractivity contribution in [3.8, 4) is 0 Å². The average Bonchev–Trinajstić information content (AvgIpc) is 2.91. The Labute approximate surface area is 127 Å². The summed E-state index contributed by atoms with van der Waals surface area (Å²) in [4.78, 5) is 12.2. The highest BCUT2D eigenvalue weighted by Crippen LogP contribution is 2.22. The second-order valence-electron chi connectivity index (χ2n) is 5.59. The minimum Gasteiger partial charge on any atom is -0.350 e. The van der Waals surface area contributed by atoms with E-state index in [1.165, 1.54) is 17.5 Å². The number of benzene rings is 1. The Bertz CT molecular complexity index is 470. The van der Waals surface area contributed by atoms with Crippen LogP contribution in [-0.4, -0.2) is 18.0 Å². The van der Waals surface area contributed by atoms with E-state index in [0.29, 0.717) is 6.54 Å². The maximum absolute atomic E-state index is 12.2. The van der Waals surface area contributed by atoms with Crippen molar-refractivity contribution >= 4 is 18.3 Å². The van der Waals surface area contributed by atoms with E-state index in [-0.39, 0.29) is 23.9 Å². The van der Waals surface area contributed by atoms with Gasteiger partial charge >= 0.3 is 0 Å². The number of hydrogen-bond acceptors (Lipinski definition) is 2. The smallest absolute Gasteiger partial charge is 0.251 e. The molecule has 0 radical (unpaired) electrons. The summed E-state index contributed by atoms with van der Waals surface area (Å²) < 4.78 is 0. The molecule has 0 unspecified atom stereocenters. The lowest BCUT2D eigenvalue weighted by Crippen LogP contribution is -2.49. The number of rotatable bonds is 5. The molecule has 0 spiro atoms. The normalized spacial score (nSPS) is 13.6. The molecule has 1 aromatic rings. The van der Waals surface area contributed by atoms with Gasteiger partial charge in [0.05, 0.1) is 0 Å². The maximum Gasteiger partial charge on any atom is 0.251 e. The van der Waals surface area contributed by atoms with Gasteiger partial charge in [-0.1, -0.05) is 19.9 Å². The molecule has 1 aromatic carbocycles. The van der Waals surface area contributed by atoms with Crippen molar-refractivity contribution in [2.24, 2.45) is 5.73 Å². The number of nitrogens with one attached hydrogen (secondary N) is 1. The summed E-state index contributed by atoms with van der Waals surface area (Å²) in [5.41, 5.74) is 9.40. The van der Waals surface area contributed by atoms with Gasteiger partial charge in [0.25, 0.3) is 5.91 Å². The second-order valence-corrected chi connectivity index (χ2v) is 5.59. The third-order valence-electron chi connectivity index (χ3n) is 4.37. The van der Waals surface area contributed by atoms with E-state index in [2.05, 4.69) is 25.2 Å². The number of halogens is 1. The molecule has 1 aliphatic carbocycles. The van der Waals surface area contributed by atoms with E-state index in [0.717, 1.165) is 31.2 Å². The topological polar surface area (TPSA) is 55.1 Å². The van der Waals surface area contributed by atoms with Gasteiger partial charge in [-0.15, -0.1) is 12.4 Å². The lowest BCUT2D eigenvalue weighted by atomic mass is 9.94. The first-order valence-electron chi connectivity index (χ1n) is 7.27. The van der Waals surface area contributed by atoms with Crippen LogP contribution in [0.5, 0.6) is 0 Å². The Kier molecular flexibility index (Phi) is 6.03. The van der Waals surface area contributed by atoms with Crippen LogP contribution in [0.2, 0.25) is 0 Å². The van der Waals surface area contributed by atoms with Crippen LogP contribution in [-0.2, 0) is 12.8 Å². The van der Waals surface area contributed by atoms with Crippen LogP contribution in [0.25, 0.3) is 0 Å². The van der Waals surface area contributed by atoms with E-state index < -0.39 is 0 Å². The Hall–Kier alpha value is -1.06.